The summed E-state index contributed by atoms with van der Waals surface area (Å²) in [6, 6.07) is 30.6. The average Bonchev–Trinajstić information content (AvgIpc) is 3.46. The second-order valence-electron chi connectivity index (χ2n) is 13.5. The monoisotopic (exact) mass is 594 g/mol. The molecule has 6 rings (SSSR count). The van der Waals surface area contributed by atoms with Gasteiger partial charge in [0, 0.05) is 23.0 Å². The van der Waals surface area contributed by atoms with Crippen LogP contribution >= 0.6 is 0 Å². The first kappa shape index (κ1) is 28.9. The van der Waals surface area contributed by atoms with Crippen LogP contribution in [-0.2, 0) is 8.85 Å². The maximum atomic E-state index is 6.42. The summed E-state index contributed by atoms with van der Waals surface area (Å²) in [5, 5.41) is 0. The zero-order valence-electron chi connectivity index (χ0n) is 25.9. The zero-order chi connectivity index (χ0) is 29.6. The van der Waals surface area contributed by atoms with Gasteiger partial charge in [-0.15, -0.1) is 0 Å². The Morgan fingerprint density at radius 3 is 1.31 bits per heavy atom. The Labute approximate surface area is 252 Å². The Bertz CT molecular complexity index is 1480. The first-order valence-corrected chi connectivity index (χ1v) is 21.8. The standard InChI is InChI=1S/C36H42O4Si2/c1-24(33-27-16-10-8-14-25(27)29-18-12-20-31(35(29)33)37-22-39-41(2,3)4)34-28-17-11-9-15-26(28)30-19-13-21-32(36(30)34)38-23-40-42(5,6)7/h8-21,24,33-34H,22-23H2,1-7H3. The van der Waals surface area contributed by atoms with Gasteiger partial charge in [0.15, 0.2) is 30.2 Å². The first-order chi connectivity index (χ1) is 20.0. The molecule has 0 spiro atoms. The number of fused-ring (bicyclic) bond motifs is 6. The van der Waals surface area contributed by atoms with E-state index < -0.39 is 16.6 Å². The number of benzene rings is 4. The number of hydrogen-bond donors (Lipinski definition) is 0. The lowest BCUT2D eigenvalue weighted by Crippen LogP contribution is -2.28. The van der Waals surface area contributed by atoms with Gasteiger partial charge in [0.25, 0.3) is 0 Å². The minimum Gasteiger partial charge on any atom is -0.468 e. The predicted octanol–water partition coefficient (Wildman–Crippen LogP) is 9.62. The molecule has 0 aliphatic heterocycles. The molecule has 6 heteroatoms. The lowest BCUT2D eigenvalue weighted by atomic mass is 9.73. The van der Waals surface area contributed by atoms with Gasteiger partial charge in [0.05, 0.1) is 0 Å². The molecule has 2 unspecified atom stereocenters. The van der Waals surface area contributed by atoms with Crippen molar-refractivity contribution in [3.8, 4) is 33.8 Å². The third kappa shape index (κ3) is 5.49. The van der Waals surface area contributed by atoms with Gasteiger partial charge in [-0.1, -0.05) is 79.7 Å². The fraction of sp³-hybridized carbons (Fsp3) is 0.333. The molecule has 0 heterocycles. The number of ether oxygens (including phenoxy) is 2. The summed E-state index contributed by atoms with van der Waals surface area (Å²) in [4.78, 5) is 0. The van der Waals surface area contributed by atoms with Crippen molar-refractivity contribution in [2.75, 3.05) is 13.6 Å². The zero-order valence-corrected chi connectivity index (χ0v) is 27.9. The maximum Gasteiger partial charge on any atom is 0.188 e. The summed E-state index contributed by atoms with van der Waals surface area (Å²) >= 11 is 0. The minimum absolute atomic E-state index is 0.148. The first-order valence-electron chi connectivity index (χ1n) is 15.0. The number of hydrogen-bond acceptors (Lipinski definition) is 4. The highest BCUT2D eigenvalue weighted by atomic mass is 28.4. The third-order valence-electron chi connectivity index (χ3n) is 8.39. The predicted molar refractivity (Wildman–Crippen MR) is 176 cm³/mol. The van der Waals surface area contributed by atoms with Crippen LogP contribution in [0.4, 0.5) is 0 Å². The van der Waals surface area contributed by atoms with Crippen molar-refractivity contribution in [3.63, 3.8) is 0 Å². The second kappa shape index (κ2) is 11.2. The topological polar surface area (TPSA) is 36.9 Å². The van der Waals surface area contributed by atoms with Crippen molar-refractivity contribution in [3.05, 3.63) is 107 Å². The molecule has 4 aromatic carbocycles. The molecule has 0 saturated carbocycles. The van der Waals surface area contributed by atoms with Crippen molar-refractivity contribution in [1.82, 2.24) is 0 Å². The van der Waals surface area contributed by atoms with Gasteiger partial charge in [-0.05, 0) is 90.7 Å². The van der Waals surface area contributed by atoms with Crippen molar-refractivity contribution < 1.29 is 18.3 Å². The van der Waals surface area contributed by atoms with Crippen molar-refractivity contribution in [2.45, 2.75) is 58.0 Å². The molecule has 0 N–H and O–H groups in total. The van der Waals surface area contributed by atoms with E-state index in [-0.39, 0.29) is 31.3 Å². The van der Waals surface area contributed by atoms with E-state index in [9.17, 15) is 0 Å². The van der Waals surface area contributed by atoms with Crippen LogP contribution in [0.25, 0.3) is 22.3 Å². The minimum atomic E-state index is -1.72. The smallest absolute Gasteiger partial charge is 0.188 e. The van der Waals surface area contributed by atoms with Gasteiger partial charge in [0.1, 0.15) is 11.5 Å². The van der Waals surface area contributed by atoms with Crippen molar-refractivity contribution >= 4 is 16.6 Å². The fourth-order valence-electron chi connectivity index (χ4n) is 6.61. The van der Waals surface area contributed by atoms with E-state index in [1.165, 1.54) is 44.5 Å². The quantitative estimate of drug-likeness (QED) is 0.135. The Morgan fingerprint density at radius 2 is 0.905 bits per heavy atom. The van der Waals surface area contributed by atoms with Crippen LogP contribution in [-0.4, -0.2) is 30.2 Å². The van der Waals surface area contributed by atoms with E-state index >= 15 is 0 Å². The van der Waals surface area contributed by atoms with Gasteiger partial charge in [-0.2, -0.15) is 0 Å². The van der Waals surface area contributed by atoms with E-state index in [0.717, 1.165) is 11.5 Å². The van der Waals surface area contributed by atoms with Crippen LogP contribution in [0.1, 0.15) is 41.0 Å². The summed E-state index contributed by atoms with van der Waals surface area (Å²) in [5.74, 6) is 2.35. The van der Waals surface area contributed by atoms with Crippen LogP contribution in [0.15, 0.2) is 84.9 Å². The molecule has 0 amide bonds. The maximum absolute atomic E-state index is 6.42. The van der Waals surface area contributed by atoms with Gasteiger partial charge in [-0.3, -0.25) is 0 Å². The molecule has 0 aromatic heterocycles. The van der Waals surface area contributed by atoms with E-state index in [1.807, 2.05) is 0 Å². The Morgan fingerprint density at radius 1 is 0.524 bits per heavy atom. The lowest BCUT2D eigenvalue weighted by Gasteiger charge is -2.31. The summed E-state index contributed by atoms with van der Waals surface area (Å²) in [7, 11) is -3.43. The molecule has 2 aliphatic rings. The fourth-order valence-corrected chi connectivity index (χ4v) is 7.44. The molecule has 0 bridgehead atoms. The Kier molecular flexibility index (Phi) is 7.68. The summed E-state index contributed by atoms with van der Waals surface area (Å²) in [6.45, 7) is 16.1. The molecular weight excluding hydrogens is 553 g/mol. The molecule has 2 atom stereocenters. The van der Waals surface area contributed by atoms with E-state index in [1.54, 1.807) is 0 Å². The van der Waals surface area contributed by atoms with Gasteiger partial charge in [-0.25, -0.2) is 0 Å². The third-order valence-corrected chi connectivity index (χ3v) is 10.4. The second-order valence-corrected chi connectivity index (χ2v) is 22.5. The summed E-state index contributed by atoms with van der Waals surface area (Å²) in [5.41, 5.74) is 10.3. The van der Waals surface area contributed by atoms with E-state index in [0.29, 0.717) is 0 Å². The molecule has 42 heavy (non-hydrogen) atoms. The molecular formula is C36H42O4Si2. The summed E-state index contributed by atoms with van der Waals surface area (Å²) < 4.78 is 25.1. The molecule has 0 saturated heterocycles. The highest BCUT2D eigenvalue weighted by Gasteiger charge is 2.43. The Balaban J connectivity index is 1.44. The average molecular weight is 595 g/mol. The summed E-state index contributed by atoms with van der Waals surface area (Å²) in [6.07, 6.45) is 0. The van der Waals surface area contributed by atoms with Crippen LogP contribution in [0, 0.1) is 5.92 Å². The SMILES string of the molecule is CC(C1c2ccccc2-c2cccc(OCO[Si](C)(C)C)c21)C1c2ccccc2-c2cccc(OCO[Si](C)(C)C)c21. The molecule has 0 fully saturated rings. The van der Waals surface area contributed by atoms with Crippen LogP contribution in [0.3, 0.4) is 0 Å². The Hall–Kier alpha value is -3.17. The largest absolute Gasteiger partial charge is 0.468 e. The molecule has 4 nitrogen and oxygen atoms in total. The molecule has 4 aromatic rings. The van der Waals surface area contributed by atoms with E-state index in [4.69, 9.17) is 18.3 Å². The highest BCUT2D eigenvalue weighted by Crippen LogP contribution is 2.59. The molecule has 2 aliphatic carbocycles. The van der Waals surface area contributed by atoms with Crippen molar-refractivity contribution in [1.29, 1.82) is 0 Å². The van der Waals surface area contributed by atoms with Gasteiger partial charge < -0.3 is 18.3 Å². The van der Waals surface area contributed by atoms with Crippen LogP contribution in [0.2, 0.25) is 39.3 Å². The highest BCUT2D eigenvalue weighted by molar-refractivity contribution is 6.70. The lowest BCUT2D eigenvalue weighted by molar-refractivity contribution is 0.112. The van der Waals surface area contributed by atoms with Crippen LogP contribution in [0.5, 0.6) is 11.5 Å². The van der Waals surface area contributed by atoms with Gasteiger partial charge >= 0.3 is 0 Å². The number of rotatable bonds is 10. The van der Waals surface area contributed by atoms with Crippen LogP contribution < -0.4 is 9.47 Å². The molecule has 0 radical (unpaired) electrons. The van der Waals surface area contributed by atoms with E-state index in [2.05, 4.69) is 131 Å². The normalized spacial score (nSPS) is 17.7. The molecule has 218 valence electrons. The van der Waals surface area contributed by atoms with Crippen molar-refractivity contribution in [2.24, 2.45) is 5.92 Å². The van der Waals surface area contributed by atoms with Gasteiger partial charge in [0.2, 0.25) is 0 Å².